The normalized spacial score (nSPS) is 22.5. The standard InChI is InChI=1S/C14H21FN6O/c1-10-3-14(22-18-10)9-21-8-11(15)4-12(21)5-16-6-13-7-17-19-20(13)2/h3,7,11-12,16H,4-6,8-9H2,1-2H3/t11-,12-/m0/s1. The van der Waals surface area contributed by atoms with Crippen molar-refractivity contribution in [1.82, 2.24) is 30.4 Å². The average Bonchev–Trinajstić information content (AvgIpc) is 3.14. The molecule has 1 saturated heterocycles. The van der Waals surface area contributed by atoms with E-state index in [2.05, 4.69) is 25.7 Å². The molecule has 3 rings (SSSR count). The fourth-order valence-corrected chi connectivity index (χ4v) is 2.86. The Balaban J connectivity index is 1.53. The van der Waals surface area contributed by atoms with Crippen LogP contribution in [-0.2, 0) is 20.1 Å². The van der Waals surface area contributed by atoms with Crippen LogP contribution in [0.25, 0.3) is 0 Å². The molecule has 22 heavy (non-hydrogen) atoms. The van der Waals surface area contributed by atoms with Crippen LogP contribution in [0.15, 0.2) is 16.8 Å². The van der Waals surface area contributed by atoms with Crippen LogP contribution >= 0.6 is 0 Å². The van der Waals surface area contributed by atoms with E-state index in [1.807, 2.05) is 20.0 Å². The van der Waals surface area contributed by atoms with Gasteiger partial charge in [0.2, 0.25) is 0 Å². The van der Waals surface area contributed by atoms with Crippen molar-refractivity contribution in [2.45, 2.75) is 38.6 Å². The first-order valence-corrected chi connectivity index (χ1v) is 7.46. The molecule has 2 atom stereocenters. The first kappa shape index (κ1) is 15.1. The van der Waals surface area contributed by atoms with Gasteiger partial charge in [-0.25, -0.2) is 4.39 Å². The molecule has 3 heterocycles. The van der Waals surface area contributed by atoms with Crippen LogP contribution in [0.4, 0.5) is 4.39 Å². The molecule has 2 aromatic rings. The van der Waals surface area contributed by atoms with Crippen LogP contribution in [0.1, 0.15) is 23.6 Å². The molecule has 8 heteroatoms. The molecule has 0 radical (unpaired) electrons. The van der Waals surface area contributed by atoms with E-state index in [0.29, 0.717) is 26.1 Å². The number of likely N-dealkylation sites (tertiary alicyclic amines) is 1. The molecule has 0 saturated carbocycles. The summed E-state index contributed by atoms with van der Waals surface area (Å²) >= 11 is 0. The number of alkyl halides is 1. The summed E-state index contributed by atoms with van der Waals surface area (Å²) in [5.74, 6) is 0.785. The predicted molar refractivity (Wildman–Crippen MR) is 77.7 cm³/mol. The Kier molecular flexibility index (Phi) is 4.49. The van der Waals surface area contributed by atoms with E-state index in [0.717, 1.165) is 23.7 Å². The molecule has 0 aliphatic carbocycles. The van der Waals surface area contributed by atoms with E-state index < -0.39 is 6.17 Å². The molecular weight excluding hydrogens is 287 g/mol. The van der Waals surface area contributed by atoms with Gasteiger partial charge >= 0.3 is 0 Å². The van der Waals surface area contributed by atoms with Crippen LogP contribution in [0.2, 0.25) is 0 Å². The van der Waals surface area contributed by atoms with Gasteiger partial charge in [0.15, 0.2) is 5.76 Å². The molecule has 1 N–H and O–H groups in total. The number of aromatic nitrogens is 4. The fourth-order valence-electron chi connectivity index (χ4n) is 2.86. The zero-order valence-electron chi connectivity index (χ0n) is 12.9. The summed E-state index contributed by atoms with van der Waals surface area (Å²) in [5, 5.41) is 15.0. The Morgan fingerprint density at radius 1 is 1.50 bits per heavy atom. The van der Waals surface area contributed by atoms with Crippen molar-refractivity contribution in [2.75, 3.05) is 13.1 Å². The van der Waals surface area contributed by atoms with Gasteiger partial charge in [-0.1, -0.05) is 10.4 Å². The molecule has 0 unspecified atom stereocenters. The second kappa shape index (κ2) is 6.53. The molecule has 1 aliphatic heterocycles. The van der Waals surface area contributed by atoms with Crippen LogP contribution in [0.3, 0.4) is 0 Å². The molecule has 0 aromatic carbocycles. The third-order valence-corrected chi connectivity index (χ3v) is 4.01. The smallest absolute Gasteiger partial charge is 0.150 e. The summed E-state index contributed by atoms with van der Waals surface area (Å²) in [6.07, 6.45) is 1.49. The van der Waals surface area contributed by atoms with Gasteiger partial charge in [0.25, 0.3) is 0 Å². The van der Waals surface area contributed by atoms with Crippen molar-refractivity contribution in [1.29, 1.82) is 0 Å². The minimum Gasteiger partial charge on any atom is -0.360 e. The Bertz CT molecular complexity index is 612. The highest BCUT2D eigenvalue weighted by Crippen LogP contribution is 2.22. The minimum atomic E-state index is -0.783. The molecule has 1 fully saturated rings. The topological polar surface area (TPSA) is 72.0 Å². The highest BCUT2D eigenvalue weighted by Gasteiger charge is 2.32. The molecule has 0 amide bonds. The monoisotopic (exact) mass is 308 g/mol. The van der Waals surface area contributed by atoms with E-state index in [9.17, 15) is 4.39 Å². The maximum atomic E-state index is 13.8. The maximum Gasteiger partial charge on any atom is 0.150 e. The van der Waals surface area contributed by atoms with Gasteiger partial charge < -0.3 is 9.84 Å². The summed E-state index contributed by atoms with van der Waals surface area (Å²) < 4.78 is 20.7. The average molecular weight is 308 g/mol. The summed E-state index contributed by atoms with van der Waals surface area (Å²) in [5.41, 5.74) is 1.86. The van der Waals surface area contributed by atoms with Crippen LogP contribution in [0.5, 0.6) is 0 Å². The number of rotatable bonds is 6. The summed E-state index contributed by atoms with van der Waals surface area (Å²) in [6.45, 7) is 4.32. The minimum absolute atomic E-state index is 0.154. The van der Waals surface area contributed by atoms with Gasteiger partial charge in [-0.15, -0.1) is 5.10 Å². The first-order chi connectivity index (χ1) is 10.6. The molecular formula is C14H21FN6O. The summed E-state index contributed by atoms with van der Waals surface area (Å²) in [6, 6.07) is 2.05. The number of nitrogens with one attached hydrogen (secondary N) is 1. The summed E-state index contributed by atoms with van der Waals surface area (Å²) in [7, 11) is 1.86. The molecule has 120 valence electrons. The summed E-state index contributed by atoms with van der Waals surface area (Å²) in [4.78, 5) is 2.11. The SMILES string of the molecule is Cc1cc(CN2C[C@@H](F)C[C@H]2CNCc2cnnn2C)on1. The van der Waals surface area contributed by atoms with Gasteiger partial charge in [0.05, 0.1) is 24.1 Å². The number of aryl methyl sites for hydroxylation is 2. The fraction of sp³-hybridized carbons (Fsp3) is 0.643. The lowest BCUT2D eigenvalue weighted by Crippen LogP contribution is -2.37. The van der Waals surface area contributed by atoms with Crippen LogP contribution in [0, 0.1) is 6.92 Å². The second-order valence-corrected chi connectivity index (χ2v) is 5.83. The Morgan fingerprint density at radius 2 is 2.36 bits per heavy atom. The van der Waals surface area contributed by atoms with Crippen molar-refractivity contribution >= 4 is 0 Å². The van der Waals surface area contributed by atoms with Gasteiger partial charge in [-0.2, -0.15) is 0 Å². The maximum absolute atomic E-state index is 13.8. The largest absolute Gasteiger partial charge is 0.360 e. The van der Waals surface area contributed by atoms with Gasteiger partial charge in [0.1, 0.15) is 6.17 Å². The van der Waals surface area contributed by atoms with Crippen molar-refractivity contribution in [3.05, 3.63) is 29.4 Å². The second-order valence-electron chi connectivity index (χ2n) is 5.83. The lowest BCUT2D eigenvalue weighted by molar-refractivity contribution is 0.203. The Hall–Kier alpha value is -1.80. The zero-order chi connectivity index (χ0) is 15.5. The third kappa shape index (κ3) is 3.50. The first-order valence-electron chi connectivity index (χ1n) is 7.46. The molecule has 2 aromatic heterocycles. The van der Waals surface area contributed by atoms with E-state index in [4.69, 9.17) is 4.52 Å². The number of hydrogen-bond donors (Lipinski definition) is 1. The van der Waals surface area contributed by atoms with Crippen molar-refractivity contribution in [3.63, 3.8) is 0 Å². The Morgan fingerprint density at radius 3 is 3.05 bits per heavy atom. The Labute approximate surface area is 128 Å². The van der Waals surface area contributed by atoms with E-state index >= 15 is 0 Å². The molecule has 0 spiro atoms. The highest BCUT2D eigenvalue weighted by atomic mass is 19.1. The van der Waals surface area contributed by atoms with Gasteiger partial charge in [-0.05, 0) is 13.3 Å². The van der Waals surface area contributed by atoms with Crippen molar-refractivity contribution in [2.24, 2.45) is 7.05 Å². The van der Waals surface area contributed by atoms with E-state index in [1.165, 1.54) is 0 Å². The van der Waals surface area contributed by atoms with E-state index in [-0.39, 0.29) is 6.04 Å². The lowest BCUT2D eigenvalue weighted by Gasteiger charge is -2.23. The molecule has 1 aliphatic rings. The molecule has 7 nitrogen and oxygen atoms in total. The van der Waals surface area contributed by atoms with Gasteiger partial charge in [-0.3, -0.25) is 9.58 Å². The lowest BCUT2D eigenvalue weighted by atomic mass is 10.2. The quantitative estimate of drug-likeness (QED) is 0.851. The van der Waals surface area contributed by atoms with E-state index in [1.54, 1.807) is 10.9 Å². The number of nitrogens with zero attached hydrogens (tertiary/aromatic N) is 5. The predicted octanol–water partition coefficient (Wildman–Crippen LogP) is 0.814. The van der Waals surface area contributed by atoms with Crippen LogP contribution in [-0.4, -0.2) is 50.4 Å². The highest BCUT2D eigenvalue weighted by molar-refractivity contribution is 5.04. The van der Waals surface area contributed by atoms with Crippen molar-refractivity contribution < 1.29 is 8.91 Å². The van der Waals surface area contributed by atoms with Gasteiger partial charge in [0, 0.05) is 38.8 Å². The number of halogens is 1. The number of hydrogen-bond acceptors (Lipinski definition) is 6. The third-order valence-electron chi connectivity index (χ3n) is 4.01. The zero-order valence-corrected chi connectivity index (χ0v) is 12.9. The van der Waals surface area contributed by atoms with Crippen LogP contribution < -0.4 is 5.32 Å². The van der Waals surface area contributed by atoms with Crippen molar-refractivity contribution in [3.8, 4) is 0 Å². The molecule has 0 bridgehead atoms.